The number of aromatic nitrogens is 1. The van der Waals surface area contributed by atoms with Crippen LogP contribution in [0.2, 0.25) is 0 Å². The van der Waals surface area contributed by atoms with Crippen LogP contribution >= 0.6 is 0 Å². The van der Waals surface area contributed by atoms with Crippen LogP contribution in [0.25, 0.3) is 0 Å². The number of piperazine rings is 1. The molecular formula is C19H23N5O2. The van der Waals surface area contributed by atoms with Crippen LogP contribution in [0.4, 0.5) is 11.5 Å². The van der Waals surface area contributed by atoms with E-state index in [9.17, 15) is 9.59 Å². The summed E-state index contributed by atoms with van der Waals surface area (Å²) < 4.78 is 0. The molecule has 1 aliphatic heterocycles. The summed E-state index contributed by atoms with van der Waals surface area (Å²) in [4.78, 5) is 33.1. The zero-order chi connectivity index (χ0) is 18.5. The van der Waals surface area contributed by atoms with Gasteiger partial charge in [-0.05, 0) is 18.2 Å². The molecule has 1 saturated heterocycles. The number of amides is 2. The minimum absolute atomic E-state index is 0.137. The molecule has 0 atom stereocenters. The van der Waals surface area contributed by atoms with Gasteiger partial charge in [0.15, 0.2) is 0 Å². The molecule has 3 rings (SSSR count). The first-order valence-electron chi connectivity index (χ1n) is 8.60. The van der Waals surface area contributed by atoms with E-state index in [1.54, 1.807) is 38.5 Å². The highest BCUT2D eigenvalue weighted by Crippen LogP contribution is 2.23. The lowest BCUT2D eigenvalue weighted by atomic mass is 10.1. The van der Waals surface area contributed by atoms with Gasteiger partial charge in [-0.15, -0.1) is 0 Å². The molecule has 136 valence electrons. The number of nitrogens with one attached hydrogen (secondary N) is 2. The van der Waals surface area contributed by atoms with Crippen molar-refractivity contribution in [3.63, 3.8) is 0 Å². The molecule has 1 aromatic heterocycles. The smallest absolute Gasteiger partial charge is 0.257 e. The van der Waals surface area contributed by atoms with Crippen molar-refractivity contribution < 1.29 is 9.59 Å². The van der Waals surface area contributed by atoms with E-state index in [2.05, 4.69) is 20.5 Å². The first-order valence-corrected chi connectivity index (χ1v) is 8.60. The van der Waals surface area contributed by atoms with Crippen LogP contribution in [0, 0.1) is 0 Å². The number of carbonyl (C=O) groups is 2. The zero-order valence-electron chi connectivity index (χ0n) is 15.0. The Hall–Kier alpha value is -2.93. The second-order valence-electron chi connectivity index (χ2n) is 6.35. The van der Waals surface area contributed by atoms with Crippen molar-refractivity contribution in [3.8, 4) is 0 Å². The number of nitrogens with zero attached hydrogens (tertiary/aromatic N) is 3. The molecule has 2 N–H and O–H groups in total. The average molecular weight is 353 g/mol. The van der Waals surface area contributed by atoms with Crippen LogP contribution in [-0.2, 0) is 0 Å². The number of hydrogen-bond donors (Lipinski definition) is 2. The minimum atomic E-state index is -0.231. The van der Waals surface area contributed by atoms with E-state index in [-0.39, 0.29) is 11.8 Å². The first-order chi connectivity index (χ1) is 12.6. The van der Waals surface area contributed by atoms with Gasteiger partial charge in [0.25, 0.3) is 11.8 Å². The normalized spacial score (nSPS) is 14.0. The molecule has 0 bridgehead atoms. The van der Waals surface area contributed by atoms with Crippen molar-refractivity contribution in [2.75, 3.05) is 50.5 Å². The van der Waals surface area contributed by atoms with Gasteiger partial charge in [-0.2, -0.15) is 0 Å². The molecule has 0 spiro atoms. The van der Waals surface area contributed by atoms with E-state index in [4.69, 9.17) is 0 Å². The van der Waals surface area contributed by atoms with Gasteiger partial charge in [0.1, 0.15) is 5.82 Å². The summed E-state index contributed by atoms with van der Waals surface area (Å²) in [6, 6.07) is 10.7. The van der Waals surface area contributed by atoms with Crippen molar-refractivity contribution in [2.24, 2.45) is 0 Å². The number of anilines is 2. The fraction of sp³-hybridized carbons (Fsp3) is 0.316. The summed E-state index contributed by atoms with van der Waals surface area (Å²) in [6.07, 6.45) is 1.60. The third kappa shape index (κ3) is 4.00. The Morgan fingerprint density at radius 2 is 1.85 bits per heavy atom. The Balaban J connectivity index is 1.89. The number of carbonyl (C=O) groups excluding carboxylic acids is 2. The molecule has 7 heteroatoms. The highest BCUT2D eigenvalue weighted by Gasteiger charge is 2.22. The lowest BCUT2D eigenvalue weighted by Crippen LogP contribution is -2.44. The molecule has 0 saturated carbocycles. The monoisotopic (exact) mass is 353 g/mol. The molecule has 1 fully saturated rings. The average Bonchev–Trinajstić information content (AvgIpc) is 2.68. The predicted octanol–water partition coefficient (Wildman–Crippen LogP) is 1.45. The maximum Gasteiger partial charge on any atom is 0.257 e. The third-order valence-electron chi connectivity index (χ3n) is 4.21. The van der Waals surface area contributed by atoms with Crippen LogP contribution in [-0.4, -0.2) is 62.0 Å². The standard InChI is InChI=1S/C19H23N5O2/c1-23(2)19(26)16-12-15(22-18(25)14-6-4-3-5-7-14)13-21-17(16)24-10-8-20-9-11-24/h3-7,12-13,20H,8-11H2,1-2H3,(H,22,25). The Bertz CT molecular complexity index is 786. The van der Waals surface area contributed by atoms with Crippen LogP contribution in [0.1, 0.15) is 20.7 Å². The van der Waals surface area contributed by atoms with Crippen molar-refractivity contribution >= 4 is 23.3 Å². The van der Waals surface area contributed by atoms with Crippen molar-refractivity contribution in [1.29, 1.82) is 0 Å². The molecular weight excluding hydrogens is 330 g/mol. The SMILES string of the molecule is CN(C)C(=O)c1cc(NC(=O)c2ccccc2)cnc1N1CCNCC1. The van der Waals surface area contributed by atoms with E-state index in [0.29, 0.717) is 22.6 Å². The van der Waals surface area contributed by atoms with Crippen molar-refractivity contribution in [1.82, 2.24) is 15.2 Å². The van der Waals surface area contributed by atoms with Gasteiger partial charge in [0, 0.05) is 45.8 Å². The minimum Gasteiger partial charge on any atom is -0.353 e. The summed E-state index contributed by atoms with van der Waals surface area (Å²) in [7, 11) is 3.41. The lowest BCUT2D eigenvalue weighted by Gasteiger charge is -2.30. The number of benzene rings is 1. The van der Waals surface area contributed by atoms with E-state index in [0.717, 1.165) is 26.2 Å². The molecule has 1 aromatic carbocycles. The van der Waals surface area contributed by atoms with E-state index >= 15 is 0 Å². The van der Waals surface area contributed by atoms with Crippen LogP contribution in [0.5, 0.6) is 0 Å². The van der Waals surface area contributed by atoms with Gasteiger partial charge < -0.3 is 20.4 Å². The van der Waals surface area contributed by atoms with Crippen LogP contribution < -0.4 is 15.5 Å². The predicted molar refractivity (Wildman–Crippen MR) is 102 cm³/mol. The van der Waals surface area contributed by atoms with Gasteiger partial charge in [-0.25, -0.2) is 4.98 Å². The molecule has 0 aliphatic carbocycles. The van der Waals surface area contributed by atoms with E-state index in [1.165, 1.54) is 4.90 Å². The van der Waals surface area contributed by atoms with Gasteiger partial charge >= 0.3 is 0 Å². The molecule has 2 aromatic rings. The Morgan fingerprint density at radius 3 is 2.50 bits per heavy atom. The molecule has 2 heterocycles. The maximum atomic E-state index is 12.6. The van der Waals surface area contributed by atoms with Crippen LogP contribution in [0.15, 0.2) is 42.6 Å². The quantitative estimate of drug-likeness (QED) is 0.870. The third-order valence-corrected chi connectivity index (χ3v) is 4.21. The van der Waals surface area contributed by atoms with E-state index < -0.39 is 0 Å². The van der Waals surface area contributed by atoms with Crippen LogP contribution in [0.3, 0.4) is 0 Å². The fourth-order valence-corrected chi connectivity index (χ4v) is 2.85. The maximum absolute atomic E-state index is 12.6. The van der Waals surface area contributed by atoms with Gasteiger partial charge in [-0.3, -0.25) is 9.59 Å². The molecule has 26 heavy (non-hydrogen) atoms. The Kier molecular flexibility index (Phi) is 5.48. The Morgan fingerprint density at radius 1 is 1.15 bits per heavy atom. The van der Waals surface area contributed by atoms with E-state index in [1.807, 2.05) is 18.2 Å². The van der Waals surface area contributed by atoms with Gasteiger partial charge in [0.2, 0.25) is 0 Å². The summed E-state index contributed by atoms with van der Waals surface area (Å²) in [5.74, 6) is 0.287. The summed E-state index contributed by atoms with van der Waals surface area (Å²) in [5, 5.41) is 6.11. The van der Waals surface area contributed by atoms with Crippen molar-refractivity contribution in [2.45, 2.75) is 0 Å². The molecule has 1 aliphatic rings. The molecule has 2 amide bonds. The van der Waals surface area contributed by atoms with Crippen molar-refractivity contribution in [3.05, 3.63) is 53.7 Å². The van der Waals surface area contributed by atoms with Gasteiger partial charge in [0.05, 0.1) is 17.4 Å². The summed E-state index contributed by atoms with van der Waals surface area (Å²) in [5.41, 5.74) is 1.55. The lowest BCUT2D eigenvalue weighted by molar-refractivity contribution is 0.0827. The largest absolute Gasteiger partial charge is 0.353 e. The molecule has 7 nitrogen and oxygen atoms in total. The van der Waals surface area contributed by atoms with Gasteiger partial charge in [-0.1, -0.05) is 18.2 Å². The number of pyridine rings is 1. The highest BCUT2D eigenvalue weighted by atomic mass is 16.2. The highest BCUT2D eigenvalue weighted by molar-refractivity contribution is 6.05. The second kappa shape index (κ2) is 7.97. The molecule has 0 unspecified atom stereocenters. The summed E-state index contributed by atoms with van der Waals surface area (Å²) in [6.45, 7) is 3.28. The topological polar surface area (TPSA) is 77.6 Å². The molecule has 0 radical (unpaired) electrons. The summed E-state index contributed by atoms with van der Waals surface area (Å²) >= 11 is 0. The fourth-order valence-electron chi connectivity index (χ4n) is 2.85. The second-order valence-corrected chi connectivity index (χ2v) is 6.35. The first kappa shape index (κ1) is 17.9. The Labute approximate surface area is 153 Å². The zero-order valence-corrected chi connectivity index (χ0v) is 15.0. The number of hydrogen-bond acceptors (Lipinski definition) is 5. The number of rotatable bonds is 4.